The number of nitrogens with zero attached hydrogens (tertiary/aromatic N) is 3. The minimum Gasteiger partial charge on any atom is -0.497 e. The molecular weight excluding hydrogens is 342 g/mol. The molecule has 1 fully saturated rings. The molecule has 27 heavy (non-hydrogen) atoms. The average Bonchev–Trinajstić information content (AvgIpc) is 3.38. The number of ether oxygens (including phenoxy) is 1. The molecular formula is C20H21N5O2. The Labute approximate surface area is 157 Å². The van der Waals surface area contributed by atoms with Crippen molar-refractivity contribution in [1.29, 1.82) is 0 Å². The lowest BCUT2D eigenvalue weighted by Gasteiger charge is -2.23. The number of hydrogen-bond acceptors (Lipinski definition) is 4. The van der Waals surface area contributed by atoms with Crippen molar-refractivity contribution in [3.05, 3.63) is 60.4 Å². The highest BCUT2D eigenvalue weighted by Crippen LogP contribution is 2.31. The van der Waals surface area contributed by atoms with Crippen molar-refractivity contribution in [2.75, 3.05) is 19.0 Å². The molecule has 0 spiro atoms. The first-order valence-corrected chi connectivity index (χ1v) is 8.94. The fraction of sp³-hybridized carbons (Fsp3) is 0.250. The van der Waals surface area contributed by atoms with Gasteiger partial charge in [-0.3, -0.25) is 5.10 Å². The summed E-state index contributed by atoms with van der Waals surface area (Å²) in [6.45, 7) is 0.689. The van der Waals surface area contributed by atoms with Crippen molar-refractivity contribution in [1.82, 2.24) is 20.1 Å². The molecule has 7 nitrogen and oxygen atoms in total. The van der Waals surface area contributed by atoms with Crippen LogP contribution in [-0.4, -0.2) is 39.8 Å². The SMILES string of the molecule is COc1ccc(NC(=O)N2CCC[C@H]2c2nc(-c3ccccc3)n[nH]2)cc1. The van der Waals surface area contributed by atoms with Crippen LogP contribution in [0, 0.1) is 0 Å². The summed E-state index contributed by atoms with van der Waals surface area (Å²) in [6.07, 6.45) is 1.79. The molecule has 0 radical (unpaired) electrons. The number of anilines is 1. The lowest BCUT2D eigenvalue weighted by atomic mass is 10.2. The van der Waals surface area contributed by atoms with Gasteiger partial charge in [0.05, 0.1) is 13.2 Å². The van der Waals surface area contributed by atoms with E-state index in [1.165, 1.54) is 0 Å². The summed E-state index contributed by atoms with van der Waals surface area (Å²) in [6, 6.07) is 16.8. The van der Waals surface area contributed by atoms with E-state index in [1.807, 2.05) is 54.6 Å². The zero-order chi connectivity index (χ0) is 18.6. The zero-order valence-electron chi connectivity index (χ0n) is 15.1. The van der Waals surface area contributed by atoms with Crippen molar-refractivity contribution in [3.63, 3.8) is 0 Å². The minimum absolute atomic E-state index is 0.104. The van der Waals surface area contributed by atoms with Gasteiger partial charge >= 0.3 is 6.03 Å². The predicted molar refractivity (Wildman–Crippen MR) is 103 cm³/mol. The lowest BCUT2D eigenvalue weighted by molar-refractivity contribution is 0.205. The molecule has 1 aromatic heterocycles. The molecule has 2 N–H and O–H groups in total. The summed E-state index contributed by atoms with van der Waals surface area (Å²) in [5.74, 6) is 2.12. The van der Waals surface area contributed by atoms with Crippen LogP contribution < -0.4 is 10.1 Å². The van der Waals surface area contributed by atoms with Crippen LogP contribution in [0.25, 0.3) is 11.4 Å². The highest BCUT2D eigenvalue weighted by molar-refractivity contribution is 5.89. The second-order valence-electron chi connectivity index (χ2n) is 6.42. The Bertz CT molecular complexity index is 908. The van der Waals surface area contributed by atoms with Gasteiger partial charge in [0.25, 0.3) is 0 Å². The summed E-state index contributed by atoms with van der Waals surface area (Å²) < 4.78 is 5.15. The number of benzene rings is 2. The topological polar surface area (TPSA) is 83.1 Å². The number of urea groups is 1. The number of methoxy groups -OCH3 is 1. The quantitative estimate of drug-likeness (QED) is 0.737. The van der Waals surface area contributed by atoms with Gasteiger partial charge in [-0.1, -0.05) is 30.3 Å². The van der Waals surface area contributed by atoms with Gasteiger partial charge in [-0.25, -0.2) is 9.78 Å². The Morgan fingerprint density at radius 2 is 1.96 bits per heavy atom. The number of carbonyl (C=O) groups is 1. The van der Waals surface area contributed by atoms with Crippen LogP contribution in [0.5, 0.6) is 5.75 Å². The molecule has 2 heterocycles. The number of aromatic amines is 1. The molecule has 7 heteroatoms. The van der Waals surface area contributed by atoms with Gasteiger partial charge in [0.1, 0.15) is 11.6 Å². The van der Waals surface area contributed by atoms with E-state index in [2.05, 4.69) is 20.5 Å². The molecule has 0 unspecified atom stereocenters. The van der Waals surface area contributed by atoms with E-state index in [-0.39, 0.29) is 12.1 Å². The van der Waals surface area contributed by atoms with E-state index in [1.54, 1.807) is 12.0 Å². The summed E-state index contributed by atoms with van der Waals surface area (Å²) in [7, 11) is 1.61. The van der Waals surface area contributed by atoms with Gasteiger partial charge in [-0.05, 0) is 37.1 Å². The van der Waals surface area contributed by atoms with Crippen molar-refractivity contribution < 1.29 is 9.53 Å². The van der Waals surface area contributed by atoms with Gasteiger partial charge in [0.15, 0.2) is 5.82 Å². The molecule has 2 amide bonds. The maximum atomic E-state index is 12.8. The number of carbonyl (C=O) groups excluding carboxylic acids is 1. The van der Waals surface area contributed by atoms with Crippen molar-refractivity contribution >= 4 is 11.7 Å². The Balaban J connectivity index is 1.48. The van der Waals surface area contributed by atoms with Crippen LogP contribution in [0.1, 0.15) is 24.7 Å². The van der Waals surface area contributed by atoms with E-state index >= 15 is 0 Å². The van der Waals surface area contributed by atoms with Crippen LogP contribution >= 0.6 is 0 Å². The fourth-order valence-electron chi connectivity index (χ4n) is 3.30. The van der Waals surface area contributed by atoms with Crippen molar-refractivity contribution in [3.8, 4) is 17.1 Å². The van der Waals surface area contributed by atoms with Crippen LogP contribution in [0.3, 0.4) is 0 Å². The first-order valence-electron chi connectivity index (χ1n) is 8.94. The molecule has 138 valence electrons. The second-order valence-corrected chi connectivity index (χ2v) is 6.42. The molecule has 2 aromatic carbocycles. The van der Waals surface area contributed by atoms with E-state index in [0.717, 1.165) is 35.7 Å². The lowest BCUT2D eigenvalue weighted by Crippen LogP contribution is -2.34. The van der Waals surface area contributed by atoms with E-state index < -0.39 is 0 Å². The molecule has 1 atom stereocenters. The van der Waals surface area contributed by atoms with Gasteiger partial charge < -0.3 is 15.0 Å². The monoisotopic (exact) mass is 363 g/mol. The molecule has 4 rings (SSSR count). The Hall–Kier alpha value is -3.35. The summed E-state index contributed by atoms with van der Waals surface area (Å²) in [5, 5.41) is 10.3. The number of amides is 2. The predicted octanol–water partition coefficient (Wildman–Crippen LogP) is 3.85. The third kappa shape index (κ3) is 3.62. The molecule has 3 aromatic rings. The molecule has 0 bridgehead atoms. The molecule has 0 aliphatic carbocycles. The number of likely N-dealkylation sites (tertiary alicyclic amines) is 1. The van der Waals surface area contributed by atoms with Crippen molar-refractivity contribution in [2.45, 2.75) is 18.9 Å². The van der Waals surface area contributed by atoms with Crippen LogP contribution in [0.15, 0.2) is 54.6 Å². The number of nitrogens with one attached hydrogen (secondary N) is 2. The number of rotatable bonds is 4. The Kier molecular flexibility index (Phi) is 4.74. The van der Waals surface area contributed by atoms with Crippen LogP contribution in [0.2, 0.25) is 0 Å². The number of aromatic nitrogens is 3. The molecule has 1 saturated heterocycles. The van der Waals surface area contributed by atoms with Gasteiger partial charge in [-0.2, -0.15) is 5.10 Å². The zero-order valence-corrected chi connectivity index (χ0v) is 15.1. The summed E-state index contributed by atoms with van der Waals surface area (Å²) >= 11 is 0. The smallest absolute Gasteiger partial charge is 0.322 e. The molecule has 1 aliphatic heterocycles. The first kappa shape index (κ1) is 17.1. The average molecular weight is 363 g/mol. The van der Waals surface area contributed by atoms with Gasteiger partial charge in [0, 0.05) is 17.8 Å². The van der Waals surface area contributed by atoms with E-state index in [0.29, 0.717) is 12.4 Å². The van der Waals surface area contributed by atoms with Gasteiger partial charge in [0.2, 0.25) is 0 Å². The second kappa shape index (κ2) is 7.49. The van der Waals surface area contributed by atoms with Crippen LogP contribution in [-0.2, 0) is 0 Å². The third-order valence-electron chi connectivity index (χ3n) is 4.71. The Morgan fingerprint density at radius 3 is 2.70 bits per heavy atom. The van der Waals surface area contributed by atoms with E-state index in [9.17, 15) is 4.79 Å². The molecule has 0 saturated carbocycles. The highest BCUT2D eigenvalue weighted by atomic mass is 16.5. The standard InChI is InChI=1S/C20H21N5O2/c1-27-16-11-9-15(10-12-16)21-20(26)25-13-5-8-17(25)19-22-18(23-24-19)14-6-3-2-4-7-14/h2-4,6-7,9-12,17H,5,8,13H2,1H3,(H,21,26)(H,22,23,24)/t17-/m0/s1. The maximum Gasteiger partial charge on any atom is 0.322 e. The molecule has 1 aliphatic rings. The van der Waals surface area contributed by atoms with Crippen LogP contribution in [0.4, 0.5) is 10.5 Å². The minimum atomic E-state index is -0.139. The Morgan fingerprint density at radius 1 is 1.19 bits per heavy atom. The normalized spacial score (nSPS) is 16.3. The third-order valence-corrected chi connectivity index (χ3v) is 4.71. The van der Waals surface area contributed by atoms with E-state index in [4.69, 9.17) is 4.74 Å². The van der Waals surface area contributed by atoms with Gasteiger partial charge in [-0.15, -0.1) is 0 Å². The number of hydrogen-bond donors (Lipinski definition) is 2. The largest absolute Gasteiger partial charge is 0.497 e. The first-order chi connectivity index (χ1) is 13.2. The summed E-state index contributed by atoms with van der Waals surface area (Å²) in [4.78, 5) is 19.2. The summed E-state index contributed by atoms with van der Waals surface area (Å²) in [5.41, 5.74) is 1.68. The highest BCUT2D eigenvalue weighted by Gasteiger charge is 2.32. The van der Waals surface area contributed by atoms with Crippen molar-refractivity contribution in [2.24, 2.45) is 0 Å². The maximum absolute atomic E-state index is 12.8. The fourth-order valence-corrected chi connectivity index (χ4v) is 3.30. The number of H-pyrrole nitrogens is 1.